The SMILES string of the molecule is [CH2-]CCC[CH-]C.[CH2-]CCC[CH2-].[Ni]. The van der Waals surface area contributed by atoms with Crippen molar-refractivity contribution in [3.8, 4) is 0 Å². The summed E-state index contributed by atoms with van der Waals surface area (Å²) in [5.74, 6) is 0. The Kier molecular flexibility index (Phi) is 34.4. The summed E-state index contributed by atoms with van der Waals surface area (Å²) in [5.41, 5.74) is 0. The number of unbranched alkanes of at least 4 members (excludes halogenated alkanes) is 5. The van der Waals surface area contributed by atoms with E-state index >= 15 is 0 Å². The first-order valence-corrected chi connectivity index (χ1v) is 4.49. The van der Waals surface area contributed by atoms with Crippen molar-refractivity contribution < 1.29 is 16.5 Å². The van der Waals surface area contributed by atoms with Crippen LogP contribution in [0.3, 0.4) is 0 Å². The molecule has 0 nitrogen and oxygen atoms in total. The Morgan fingerprint density at radius 2 is 1.33 bits per heavy atom. The molecule has 1 heteroatoms. The molecule has 0 aromatic heterocycles. The Balaban J connectivity index is -0.000000126. The fraction of sp³-hybridized carbons (Fsp3) is 0.636. The average molecular weight is 213 g/mol. The largest absolute Gasteiger partial charge is 0.343 e. The first kappa shape index (κ1) is 18.3. The van der Waals surface area contributed by atoms with Gasteiger partial charge in [0.25, 0.3) is 0 Å². The van der Waals surface area contributed by atoms with Gasteiger partial charge in [0, 0.05) is 16.5 Å². The van der Waals surface area contributed by atoms with Gasteiger partial charge in [-0.2, -0.15) is 32.6 Å². The molecule has 0 unspecified atom stereocenters. The summed E-state index contributed by atoms with van der Waals surface area (Å²) < 4.78 is 0. The molecule has 0 saturated carbocycles. The zero-order valence-corrected chi connectivity index (χ0v) is 9.25. The van der Waals surface area contributed by atoms with Gasteiger partial charge in [-0.1, -0.05) is 0 Å². The molecule has 80 valence electrons. The second-order valence-electron chi connectivity index (χ2n) is 2.46. The number of rotatable bonds is 5. The molecular weight excluding hydrogens is 191 g/mol. The normalized spacial score (nSPS) is 8.00. The summed E-state index contributed by atoms with van der Waals surface area (Å²) in [4.78, 5) is 0. The van der Waals surface area contributed by atoms with Crippen molar-refractivity contribution in [1.82, 2.24) is 0 Å². The van der Waals surface area contributed by atoms with Crippen LogP contribution in [0.2, 0.25) is 0 Å². The fourth-order valence-corrected chi connectivity index (χ4v) is 0.525. The van der Waals surface area contributed by atoms with Gasteiger partial charge in [0.2, 0.25) is 0 Å². The van der Waals surface area contributed by atoms with Crippen LogP contribution < -0.4 is 0 Å². The maximum atomic E-state index is 3.70. The van der Waals surface area contributed by atoms with E-state index in [-0.39, 0.29) is 16.5 Å². The van der Waals surface area contributed by atoms with Crippen molar-refractivity contribution in [2.45, 2.75) is 45.4 Å². The molecule has 0 saturated heterocycles. The zero-order chi connectivity index (χ0) is 8.95. The van der Waals surface area contributed by atoms with Crippen LogP contribution in [0.5, 0.6) is 0 Å². The van der Waals surface area contributed by atoms with Crippen molar-refractivity contribution in [3.05, 3.63) is 27.2 Å². The predicted octanol–water partition coefficient (Wildman–Crippen LogP) is 4.04. The van der Waals surface area contributed by atoms with Gasteiger partial charge < -0.3 is 27.2 Å². The van der Waals surface area contributed by atoms with E-state index in [1.54, 1.807) is 0 Å². The molecule has 0 aliphatic heterocycles. The van der Waals surface area contributed by atoms with Gasteiger partial charge in [0.1, 0.15) is 0 Å². The Labute approximate surface area is 89.4 Å². The smallest absolute Gasteiger partial charge is 0 e. The van der Waals surface area contributed by atoms with Crippen molar-refractivity contribution in [2.75, 3.05) is 0 Å². The summed E-state index contributed by atoms with van der Waals surface area (Å²) in [6.07, 6.45) is 8.95. The van der Waals surface area contributed by atoms with Crippen LogP contribution in [0.25, 0.3) is 0 Å². The minimum Gasteiger partial charge on any atom is -0.343 e. The Morgan fingerprint density at radius 3 is 1.42 bits per heavy atom. The van der Waals surface area contributed by atoms with E-state index in [0.717, 1.165) is 19.3 Å². The summed E-state index contributed by atoms with van der Waals surface area (Å²) in [5, 5.41) is 0. The van der Waals surface area contributed by atoms with Gasteiger partial charge in [-0.15, -0.1) is 12.8 Å². The van der Waals surface area contributed by atoms with E-state index in [2.05, 4.69) is 34.1 Å². The van der Waals surface area contributed by atoms with Gasteiger partial charge in [-0.25, -0.2) is 0 Å². The average Bonchev–Trinajstić information content (AvgIpc) is 2.04. The van der Waals surface area contributed by atoms with E-state index < -0.39 is 0 Å². The monoisotopic (exact) mass is 212 g/mol. The molecule has 0 heterocycles. The van der Waals surface area contributed by atoms with E-state index in [9.17, 15) is 0 Å². The Bertz CT molecular complexity index is 38.3. The van der Waals surface area contributed by atoms with Crippen LogP contribution in [0.4, 0.5) is 0 Å². The predicted molar refractivity (Wildman–Crippen MR) is 53.7 cm³/mol. The molecule has 0 fully saturated rings. The molecule has 0 aromatic rings. The molecule has 0 bridgehead atoms. The van der Waals surface area contributed by atoms with E-state index in [4.69, 9.17) is 0 Å². The van der Waals surface area contributed by atoms with Gasteiger partial charge in [0.15, 0.2) is 0 Å². The summed E-state index contributed by atoms with van der Waals surface area (Å²) >= 11 is 0. The Hall–Kier alpha value is 0.494. The summed E-state index contributed by atoms with van der Waals surface area (Å²) in [6, 6.07) is 0. The second-order valence-corrected chi connectivity index (χ2v) is 2.46. The summed E-state index contributed by atoms with van der Waals surface area (Å²) in [6.45, 7) is 13.1. The van der Waals surface area contributed by atoms with Crippen LogP contribution >= 0.6 is 0 Å². The topological polar surface area (TPSA) is 0 Å². The standard InChI is InChI=1S/C6H12.C5H10.Ni/c1-3-5-6-4-2;1-3-5-4-2;/h4H,1,3,5-6H2,2H3;1-5H2;/q2*-2;. The molecule has 0 rings (SSSR count). The molecular formula is C11H22Ni-4. The van der Waals surface area contributed by atoms with Crippen molar-refractivity contribution in [2.24, 2.45) is 0 Å². The van der Waals surface area contributed by atoms with E-state index in [1.807, 2.05) is 0 Å². The van der Waals surface area contributed by atoms with Gasteiger partial charge in [-0.3, -0.25) is 0 Å². The summed E-state index contributed by atoms with van der Waals surface area (Å²) in [7, 11) is 0. The molecule has 12 heavy (non-hydrogen) atoms. The van der Waals surface area contributed by atoms with Gasteiger partial charge in [0.05, 0.1) is 0 Å². The maximum Gasteiger partial charge on any atom is 0 e. The quantitative estimate of drug-likeness (QED) is 0.367. The molecule has 0 spiro atoms. The molecule has 0 aliphatic rings. The maximum absolute atomic E-state index is 3.70. The molecule has 0 aliphatic carbocycles. The van der Waals surface area contributed by atoms with Gasteiger partial charge >= 0.3 is 0 Å². The first-order valence-electron chi connectivity index (χ1n) is 4.49. The minimum absolute atomic E-state index is 0. The fourth-order valence-electron chi connectivity index (χ4n) is 0.525. The van der Waals surface area contributed by atoms with Gasteiger partial charge in [-0.05, 0) is 0 Å². The number of hydrogen-bond donors (Lipinski definition) is 0. The van der Waals surface area contributed by atoms with E-state index in [1.165, 1.54) is 19.3 Å². The van der Waals surface area contributed by atoms with Crippen LogP contribution in [-0.4, -0.2) is 0 Å². The van der Waals surface area contributed by atoms with Crippen LogP contribution in [0.15, 0.2) is 0 Å². The molecule has 0 aromatic carbocycles. The third-order valence-electron chi connectivity index (χ3n) is 1.24. The molecule has 0 radical (unpaired) electrons. The van der Waals surface area contributed by atoms with Crippen LogP contribution in [0.1, 0.15) is 45.4 Å². The molecule has 0 amide bonds. The zero-order valence-electron chi connectivity index (χ0n) is 8.26. The Morgan fingerprint density at radius 1 is 0.917 bits per heavy atom. The van der Waals surface area contributed by atoms with Crippen LogP contribution in [0, 0.1) is 27.2 Å². The van der Waals surface area contributed by atoms with Crippen LogP contribution in [-0.2, 0) is 16.5 Å². The third-order valence-corrected chi connectivity index (χ3v) is 1.24. The van der Waals surface area contributed by atoms with Crippen molar-refractivity contribution in [3.63, 3.8) is 0 Å². The minimum atomic E-state index is 0. The molecule has 0 atom stereocenters. The molecule has 0 N–H and O–H groups in total. The third kappa shape index (κ3) is 31.3. The van der Waals surface area contributed by atoms with E-state index in [0.29, 0.717) is 0 Å². The second kappa shape index (κ2) is 22.5. The number of hydrogen-bond acceptors (Lipinski definition) is 0. The van der Waals surface area contributed by atoms with Crippen molar-refractivity contribution >= 4 is 0 Å². The first-order chi connectivity index (χ1) is 5.33. The van der Waals surface area contributed by atoms with Crippen molar-refractivity contribution in [1.29, 1.82) is 0 Å².